The SMILES string of the molecule is CCC1(CC)CN(C(C)(C)C2CC2)C(C)CN1. The van der Waals surface area contributed by atoms with Gasteiger partial charge in [0, 0.05) is 30.2 Å². The molecule has 1 heterocycles. The quantitative estimate of drug-likeness (QED) is 0.810. The normalized spacial score (nSPS) is 30.5. The van der Waals surface area contributed by atoms with Crippen molar-refractivity contribution >= 4 is 0 Å². The van der Waals surface area contributed by atoms with Crippen molar-refractivity contribution < 1.29 is 0 Å². The molecule has 1 saturated carbocycles. The zero-order valence-electron chi connectivity index (χ0n) is 12.3. The molecule has 1 N–H and O–H groups in total. The number of piperazine rings is 1. The number of hydrogen-bond donors (Lipinski definition) is 1. The van der Waals surface area contributed by atoms with E-state index in [4.69, 9.17) is 0 Å². The fourth-order valence-electron chi connectivity index (χ4n) is 3.53. The molecule has 0 bridgehead atoms. The number of nitrogens with zero attached hydrogens (tertiary/aromatic N) is 1. The molecule has 2 nitrogen and oxygen atoms in total. The fraction of sp³-hybridized carbons (Fsp3) is 1.00. The van der Waals surface area contributed by atoms with E-state index in [0.717, 1.165) is 12.5 Å². The van der Waals surface area contributed by atoms with Crippen molar-refractivity contribution in [2.45, 2.75) is 77.4 Å². The van der Waals surface area contributed by atoms with Gasteiger partial charge in [-0.1, -0.05) is 13.8 Å². The van der Waals surface area contributed by atoms with Gasteiger partial charge in [0.05, 0.1) is 0 Å². The second-order valence-corrected chi connectivity index (χ2v) is 6.77. The maximum absolute atomic E-state index is 3.80. The lowest BCUT2D eigenvalue weighted by molar-refractivity contribution is -0.00755. The van der Waals surface area contributed by atoms with Gasteiger partial charge in [-0.25, -0.2) is 0 Å². The van der Waals surface area contributed by atoms with E-state index < -0.39 is 0 Å². The Morgan fingerprint density at radius 3 is 2.29 bits per heavy atom. The first kappa shape index (κ1) is 13.4. The van der Waals surface area contributed by atoms with Gasteiger partial charge in [0.1, 0.15) is 0 Å². The zero-order chi connectivity index (χ0) is 12.7. The van der Waals surface area contributed by atoms with Crippen molar-refractivity contribution in [2.75, 3.05) is 13.1 Å². The Hall–Kier alpha value is -0.0800. The third kappa shape index (κ3) is 2.39. The summed E-state index contributed by atoms with van der Waals surface area (Å²) in [6.07, 6.45) is 5.37. The summed E-state index contributed by atoms with van der Waals surface area (Å²) in [5.74, 6) is 0.939. The molecular formula is C15H30N2. The van der Waals surface area contributed by atoms with Gasteiger partial charge in [-0.2, -0.15) is 0 Å². The second-order valence-electron chi connectivity index (χ2n) is 6.77. The van der Waals surface area contributed by atoms with Crippen LogP contribution in [0.25, 0.3) is 0 Å². The van der Waals surface area contributed by atoms with Gasteiger partial charge in [0.2, 0.25) is 0 Å². The van der Waals surface area contributed by atoms with Gasteiger partial charge >= 0.3 is 0 Å². The van der Waals surface area contributed by atoms with Crippen molar-refractivity contribution in [2.24, 2.45) is 5.92 Å². The smallest absolute Gasteiger partial charge is 0.0304 e. The van der Waals surface area contributed by atoms with E-state index in [1.54, 1.807) is 0 Å². The average Bonchev–Trinajstić information content (AvgIpc) is 3.14. The molecule has 1 unspecified atom stereocenters. The average molecular weight is 238 g/mol. The van der Waals surface area contributed by atoms with E-state index in [1.165, 1.54) is 32.2 Å². The highest BCUT2D eigenvalue weighted by Crippen LogP contribution is 2.44. The van der Waals surface area contributed by atoms with Crippen LogP contribution in [-0.2, 0) is 0 Å². The predicted octanol–water partition coefficient (Wildman–Crippen LogP) is 3.03. The molecule has 0 amide bonds. The first-order valence-electron chi connectivity index (χ1n) is 7.47. The van der Waals surface area contributed by atoms with Crippen LogP contribution in [0.1, 0.15) is 60.3 Å². The standard InChI is InChI=1S/C15H30N2/c1-6-15(7-2)11-17(12(3)10-16-15)14(4,5)13-8-9-13/h12-13,16H,6-11H2,1-5H3. The van der Waals surface area contributed by atoms with Crippen LogP contribution in [0.15, 0.2) is 0 Å². The van der Waals surface area contributed by atoms with E-state index in [0.29, 0.717) is 17.1 Å². The molecule has 1 atom stereocenters. The zero-order valence-corrected chi connectivity index (χ0v) is 12.3. The Kier molecular flexibility index (Phi) is 3.57. The summed E-state index contributed by atoms with van der Waals surface area (Å²) in [6, 6.07) is 0.678. The summed E-state index contributed by atoms with van der Waals surface area (Å²) in [5, 5.41) is 3.80. The Labute approximate surface area is 107 Å². The molecule has 0 aromatic rings. The summed E-state index contributed by atoms with van der Waals surface area (Å²) in [7, 11) is 0. The van der Waals surface area contributed by atoms with Crippen LogP contribution >= 0.6 is 0 Å². The summed E-state index contributed by atoms with van der Waals surface area (Å²) >= 11 is 0. The van der Waals surface area contributed by atoms with Gasteiger partial charge in [0.25, 0.3) is 0 Å². The van der Waals surface area contributed by atoms with E-state index in [2.05, 4.69) is 44.8 Å². The van der Waals surface area contributed by atoms with Gasteiger partial charge in [-0.3, -0.25) is 4.90 Å². The summed E-state index contributed by atoms with van der Waals surface area (Å²) in [4.78, 5) is 2.79. The Bertz CT molecular complexity index is 264. The van der Waals surface area contributed by atoms with Crippen molar-refractivity contribution in [1.82, 2.24) is 10.2 Å². The highest BCUT2D eigenvalue weighted by molar-refractivity contribution is 5.04. The minimum absolute atomic E-state index is 0.360. The molecule has 0 spiro atoms. The summed E-state index contributed by atoms with van der Waals surface area (Å²) in [5.41, 5.74) is 0.760. The third-order valence-electron chi connectivity index (χ3n) is 5.45. The Morgan fingerprint density at radius 2 is 1.82 bits per heavy atom. The first-order valence-corrected chi connectivity index (χ1v) is 7.47. The molecule has 2 fully saturated rings. The summed E-state index contributed by atoms with van der Waals surface area (Å²) in [6.45, 7) is 14.3. The van der Waals surface area contributed by atoms with Crippen LogP contribution in [0.3, 0.4) is 0 Å². The number of hydrogen-bond acceptors (Lipinski definition) is 2. The third-order valence-corrected chi connectivity index (χ3v) is 5.45. The minimum Gasteiger partial charge on any atom is -0.308 e. The van der Waals surface area contributed by atoms with Crippen LogP contribution in [0.4, 0.5) is 0 Å². The van der Waals surface area contributed by atoms with E-state index in [9.17, 15) is 0 Å². The maximum Gasteiger partial charge on any atom is 0.0304 e. The molecule has 0 radical (unpaired) electrons. The van der Waals surface area contributed by atoms with E-state index in [-0.39, 0.29) is 0 Å². The lowest BCUT2D eigenvalue weighted by atomic mass is 9.84. The van der Waals surface area contributed by atoms with Crippen molar-refractivity contribution in [3.05, 3.63) is 0 Å². The Balaban J connectivity index is 2.14. The predicted molar refractivity (Wildman–Crippen MR) is 74.3 cm³/mol. The van der Waals surface area contributed by atoms with Crippen molar-refractivity contribution in [3.63, 3.8) is 0 Å². The lowest BCUT2D eigenvalue weighted by Crippen LogP contribution is -2.67. The van der Waals surface area contributed by atoms with Crippen LogP contribution in [0.5, 0.6) is 0 Å². The molecule has 1 aliphatic carbocycles. The van der Waals surface area contributed by atoms with Gasteiger partial charge in [-0.05, 0) is 52.4 Å². The molecule has 100 valence electrons. The van der Waals surface area contributed by atoms with E-state index >= 15 is 0 Å². The van der Waals surface area contributed by atoms with Crippen LogP contribution in [0.2, 0.25) is 0 Å². The molecule has 17 heavy (non-hydrogen) atoms. The Morgan fingerprint density at radius 1 is 1.24 bits per heavy atom. The molecule has 1 saturated heterocycles. The molecule has 1 aliphatic heterocycles. The number of rotatable bonds is 4. The summed E-state index contributed by atoms with van der Waals surface area (Å²) < 4.78 is 0. The van der Waals surface area contributed by atoms with Crippen LogP contribution in [0, 0.1) is 5.92 Å². The molecule has 2 heteroatoms. The van der Waals surface area contributed by atoms with Crippen LogP contribution < -0.4 is 5.32 Å². The van der Waals surface area contributed by atoms with Gasteiger partial charge in [-0.15, -0.1) is 0 Å². The fourth-order valence-corrected chi connectivity index (χ4v) is 3.53. The van der Waals surface area contributed by atoms with Gasteiger partial charge in [0.15, 0.2) is 0 Å². The minimum atomic E-state index is 0.360. The first-order chi connectivity index (χ1) is 7.95. The molecule has 0 aromatic carbocycles. The largest absolute Gasteiger partial charge is 0.308 e. The van der Waals surface area contributed by atoms with Crippen molar-refractivity contribution in [1.29, 1.82) is 0 Å². The molecular weight excluding hydrogens is 208 g/mol. The maximum atomic E-state index is 3.80. The molecule has 0 aromatic heterocycles. The van der Waals surface area contributed by atoms with Gasteiger partial charge < -0.3 is 5.32 Å². The lowest BCUT2D eigenvalue weighted by Gasteiger charge is -2.53. The van der Waals surface area contributed by atoms with E-state index in [1.807, 2.05) is 0 Å². The molecule has 2 rings (SSSR count). The number of nitrogens with one attached hydrogen (secondary N) is 1. The van der Waals surface area contributed by atoms with Crippen molar-refractivity contribution in [3.8, 4) is 0 Å². The monoisotopic (exact) mass is 238 g/mol. The van der Waals surface area contributed by atoms with Crippen LogP contribution in [-0.4, -0.2) is 35.1 Å². The molecule has 2 aliphatic rings. The highest BCUT2D eigenvalue weighted by atomic mass is 15.3. The topological polar surface area (TPSA) is 15.3 Å². The second kappa shape index (κ2) is 4.55. The highest BCUT2D eigenvalue weighted by Gasteiger charge is 2.47.